The van der Waals surface area contributed by atoms with E-state index in [1.807, 2.05) is 13.8 Å². The van der Waals surface area contributed by atoms with Gasteiger partial charge in [-0.3, -0.25) is 4.79 Å². The number of hydrogen-bond acceptors (Lipinski definition) is 3. The van der Waals surface area contributed by atoms with Gasteiger partial charge in [-0.15, -0.1) is 24.0 Å². The van der Waals surface area contributed by atoms with Gasteiger partial charge in [-0.1, -0.05) is 37.0 Å². The maximum Gasteiger partial charge on any atom is 0.387 e. The molecule has 0 aromatic heterocycles. The highest BCUT2D eigenvalue weighted by Gasteiger charge is 2.16. The van der Waals surface area contributed by atoms with Crippen molar-refractivity contribution < 1.29 is 18.3 Å². The lowest BCUT2D eigenvalue weighted by Gasteiger charge is -2.23. The van der Waals surface area contributed by atoms with Crippen LogP contribution in [0.15, 0.2) is 23.2 Å². The Morgan fingerprint density at radius 1 is 1.24 bits per heavy atom. The van der Waals surface area contributed by atoms with Gasteiger partial charge in [0.2, 0.25) is 5.91 Å². The Labute approximate surface area is 188 Å². The second-order valence-corrected chi connectivity index (χ2v) is 6.94. The molecule has 0 radical (unpaired) electrons. The van der Waals surface area contributed by atoms with Crippen LogP contribution in [0.3, 0.4) is 0 Å². The number of nitrogens with one attached hydrogen (secondary N) is 3. The minimum atomic E-state index is -2.89. The van der Waals surface area contributed by atoms with Gasteiger partial charge in [0.1, 0.15) is 5.75 Å². The number of benzene rings is 1. The van der Waals surface area contributed by atoms with Gasteiger partial charge >= 0.3 is 6.61 Å². The first-order valence-electron chi connectivity index (χ1n) is 9.83. The number of carbonyl (C=O) groups is 1. The van der Waals surface area contributed by atoms with Crippen molar-refractivity contribution in [3.63, 3.8) is 0 Å². The summed E-state index contributed by atoms with van der Waals surface area (Å²) in [6.07, 6.45) is 5.60. The molecular weight excluding hydrogens is 493 g/mol. The first-order valence-corrected chi connectivity index (χ1v) is 9.83. The maximum absolute atomic E-state index is 12.6. The van der Waals surface area contributed by atoms with E-state index < -0.39 is 6.61 Å². The average molecular weight is 524 g/mol. The van der Waals surface area contributed by atoms with Gasteiger partial charge in [0.15, 0.2) is 5.96 Å². The molecule has 3 N–H and O–H groups in total. The molecule has 0 saturated heterocycles. The first kappa shape index (κ1) is 25.4. The van der Waals surface area contributed by atoms with E-state index in [9.17, 15) is 13.6 Å². The minimum absolute atomic E-state index is 0. The Morgan fingerprint density at radius 3 is 2.62 bits per heavy atom. The molecular formula is C20H31F2IN4O2. The van der Waals surface area contributed by atoms with Crippen molar-refractivity contribution >= 4 is 35.8 Å². The third-order valence-electron chi connectivity index (χ3n) is 4.57. The van der Waals surface area contributed by atoms with Gasteiger partial charge in [0.25, 0.3) is 0 Å². The Morgan fingerprint density at radius 2 is 1.97 bits per heavy atom. The van der Waals surface area contributed by atoms with Gasteiger partial charge in [-0.05, 0) is 32.8 Å². The zero-order chi connectivity index (χ0) is 20.4. The van der Waals surface area contributed by atoms with Crippen LogP contribution in [0.4, 0.5) is 8.78 Å². The van der Waals surface area contributed by atoms with Gasteiger partial charge in [0.05, 0.1) is 13.1 Å². The van der Waals surface area contributed by atoms with E-state index in [4.69, 9.17) is 0 Å². The summed E-state index contributed by atoms with van der Waals surface area (Å²) in [5, 5.41) is 9.09. The van der Waals surface area contributed by atoms with Crippen LogP contribution in [0, 0.1) is 6.92 Å². The number of nitrogens with zero attached hydrogens (tertiary/aromatic N) is 1. The van der Waals surface area contributed by atoms with Crippen LogP contribution in [0.25, 0.3) is 0 Å². The van der Waals surface area contributed by atoms with Crippen molar-refractivity contribution in [2.24, 2.45) is 4.99 Å². The molecule has 1 amide bonds. The number of carbonyl (C=O) groups excluding carboxylic acids is 1. The number of alkyl halides is 2. The monoisotopic (exact) mass is 524 g/mol. The highest BCUT2D eigenvalue weighted by Crippen LogP contribution is 2.23. The number of guanidine groups is 1. The third kappa shape index (κ3) is 9.60. The molecule has 6 nitrogen and oxygen atoms in total. The Bertz CT molecular complexity index is 668. The smallest absolute Gasteiger partial charge is 0.387 e. The van der Waals surface area contributed by atoms with E-state index >= 15 is 0 Å². The number of aliphatic imine (C=N–C) groups is 1. The zero-order valence-corrected chi connectivity index (χ0v) is 19.3. The fourth-order valence-corrected chi connectivity index (χ4v) is 3.24. The summed E-state index contributed by atoms with van der Waals surface area (Å²) < 4.78 is 29.8. The summed E-state index contributed by atoms with van der Waals surface area (Å²) >= 11 is 0. The molecule has 1 aromatic carbocycles. The number of hydrogen-bond donors (Lipinski definition) is 3. The molecule has 29 heavy (non-hydrogen) atoms. The summed E-state index contributed by atoms with van der Waals surface area (Å²) in [6.45, 7) is 1.78. The molecule has 0 atom stereocenters. The molecule has 0 unspecified atom stereocenters. The van der Waals surface area contributed by atoms with Crippen molar-refractivity contribution in [2.45, 2.75) is 65.1 Å². The number of aryl methyl sites for hydroxylation is 1. The fourth-order valence-electron chi connectivity index (χ4n) is 3.24. The van der Waals surface area contributed by atoms with Gasteiger partial charge < -0.3 is 20.7 Å². The molecule has 1 saturated carbocycles. The standard InChI is InChI=1S/C20H30F2N4O2.HI/c1-3-23-20(25-13-18(27)26-16-7-5-4-6-8-16)24-12-15-11-14(2)9-10-17(15)28-19(21)22;/h9-11,16,19H,3-8,12-13H2,1-2H3,(H,26,27)(H2,23,24,25);1H. The van der Waals surface area contributed by atoms with Crippen molar-refractivity contribution in [1.82, 2.24) is 16.0 Å². The zero-order valence-electron chi connectivity index (χ0n) is 17.0. The highest BCUT2D eigenvalue weighted by molar-refractivity contribution is 14.0. The van der Waals surface area contributed by atoms with Crippen molar-refractivity contribution in [1.29, 1.82) is 0 Å². The van der Waals surface area contributed by atoms with Crippen LogP contribution in [0.5, 0.6) is 5.75 Å². The molecule has 1 fully saturated rings. The van der Waals surface area contributed by atoms with Crippen LogP contribution in [-0.4, -0.2) is 37.6 Å². The maximum atomic E-state index is 12.6. The molecule has 2 rings (SSSR count). The third-order valence-corrected chi connectivity index (χ3v) is 4.57. The lowest BCUT2D eigenvalue weighted by molar-refractivity contribution is -0.120. The molecule has 1 aliphatic carbocycles. The van der Waals surface area contributed by atoms with Gasteiger partial charge in [-0.25, -0.2) is 4.99 Å². The Balaban J connectivity index is 0.00000420. The van der Waals surface area contributed by atoms with Crippen LogP contribution in [-0.2, 0) is 11.3 Å². The Hall–Kier alpha value is -1.65. The fraction of sp³-hybridized carbons (Fsp3) is 0.600. The number of amides is 1. The lowest BCUT2D eigenvalue weighted by Crippen LogP contribution is -2.46. The lowest BCUT2D eigenvalue weighted by atomic mass is 9.95. The predicted octanol–water partition coefficient (Wildman–Crippen LogP) is 3.72. The summed E-state index contributed by atoms with van der Waals surface area (Å²) in [5.74, 6) is 0.482. The van der Waals surface area contributed by atoms with Gasteiger partial charge in [-0.2, -0.15) is 8.78 Å². The van der Waals surface area contributed by atoms with Crippen molar-refractivity contribution in [3.8, 4) is 5.75 Å². The SMILES string of the molecule is CCNC(=NCc1cc(C)ccc1OC(F)F)NCC(=O)NC1CCCCC1.I. The average Bonchev–Trinajstić information content (AvgIpc) is 2.66. The second-order valence-electron chi connectivity index (χ2n) is 6.94. The van der Waals surface area contributed by atoms with E-state index in [2.05, 4.69) is 25.7 Å². The number of ether oxygens (including phenoxy) is 1. The molecule has 0 aliphatic heterocycles. The largest absolute Gasteiger partial charge is 0.434 e. The normalized spacial score (nSPS) is 14.9. The first-order chi connectivity index (χ1) is 13.5. The number of rotatable bonds is 8. The molecule has 0 bridgehead atoms. The van der Waals surface area contributed by atoms with E-state index in [1.165, 1.54) is 12.5 Å². The minimum Gasteiger partial charge on any atom is -0.434 e. The summed E-state index contributed by atoms with van der Waals surface area (Å²) in [7, 11) is 0. The molecule has 9 heteroatoms. The van der Waals surface area contributed by atoms with E-state index in [-0.39, 0.29) is 54.8 Å². The van der Waals surface area contributed by atoms with Crippen LogP contribution in [0.1, 0.15) is 50.2 Å². The van der Waals surface area contributed by atoms with Crippen LogP contribution in [0.2, 0.25) is 0 Å². The van der Waals surface area contributed by atoms with E-state index in [0.29, 0.717) is 18.1 Å². The molecule has 0 spiro atoms. The molecule has 1 aliphatic rings. The highest BCUT2D eigenvalue weighted by atomic mass is 127. The van der Waals surface area contributed by atoms with E-state index in [0.717, 1.165) is 31.2 Å². The second kappa shape index (κ2) is 13.6. The summed E-state index contributed by atoms with van der Waals surface area (Å²) in [5.41, 5.74) is 1.49. The molecule has 0 heterocycles. The molecule has 164 valence electrons. The Kier molecular flexibility index (Phi) is 11.9. The van der Waals surface area contributed by atoms with Crippen molar-refractivity contribution in [3.05, 3.63) is 29.3 Å². The number of halogens is 3. The van der Waals surface area contributed by atoms with E-state index in [1.54, 1.807) is 12.1 Å². The summed E-state index contributed by atoms with van der Waals surface area (Å²) in [4.78, 5) is 16.6. The predicted molar refractivity (Wildman–Crippen MR) is 121 cm³/mol. The van der Waals surface area contributed by atoms with Gasteiger partial charge in [0, 0.05) is 18.2 Å². The molecule has 1 aromatic rings. The topological polar surface area (TPSA) is 74.8 Å². The van der Waals surface area contributed by atoms with Crippen molar-refractivity contribution in [2.75, 3.05) is 13.1 Å². The summed E-state index contributed by atoms with van der Waals surface area (Å²) in [6, 6.07) is 5.25. The van der Waals surface area contributed by atoms with Crippen LogP contribution < -0.4 is 20.7 Å². The quantitative estimate of drug-likeness (QED) is 0.276. The van der Waals surface area contributed by atoms with Crippen LogP contribution >= 0.6 is 24.0 Å².